The molecule has 1 N–H and O–H groups in total. The van der Waals surface area contributed by atoms with Crippen molar-refractivity contribution in [1.29, 1.82) is 0 Å². The molecule has 0 aliphatic heterocycles. The van der Waals surface area contributed by atoms with Gasteiger partial charge in [0.25, 0.3) is 0 Å². The summed E-state index contributed by atoms with van der Waals surface area (Å²) in [5.74, 6) is 0.630. The van der Waals surface area contributed by atoms with Crippen LogP contribution >= 0.6 is 23.6 Å². The molecule has 0 fully saturated rings. The van der Waals surface area contributed by atoms with E-state index in [4.69, 9.17) is 17.0 Å². The van der Waals surface area contributed by atoms with Crippen LogP contribution in [0.25, 0.3) is 10.6 Å². The van der Waals surface area contributed by atoms with Crippen LogP contribution in [0.1, 0.15) is 0 Å². The number of nitrogens with zero attached hydrogens (tertiary/aromatic N) is 1. The molecule has 3 nitrogen and oxygen atoms in total. The molecule has 0 radical (unpaired) electrons. The van der Waals surface area contributed by atoms with Crippen molar-refractivity contribution in [2.75, 3.05) is 7.11 Å². The highest BCUT2D eigenvalue weighted by Gasteiger charge is 2.08. The van der Waals surface area contributed by atoms with E-state index in [-0.39, 0.29) is 0 Å². The molecule has 2 aromatic rings. The maximum Gasteiger partial charge on any atom is 0.180 e. The van der Waals surface area contributed by atoms with Crippen molar-refractivity contribution in [1.82, 2.24) is 9.97 Å². The predicted molar refractivity (Wildman–Crippen MR) is 59.3 cm³/mol. The second kappa shape index (κ2) is 3.89. The number of hydrogen-bond donors (Lipinski definition) is 1. The number of ether oxygens (including phenoxy) is 1. The van der Waals surface area contributed by atoms with Crippen molar-refractivity contribution < 1.29 is 4.74 Å². The lowest BCUT2D eigenvalue weighted by atomic mass is 10.3. The average molecular weight is 224 g/mol. The van der Waals surface area contributed by atoms with E-state index < -0.39 is 0 Å². The largest absolute Gasteiger partial charge is 0.491 e. The minimum absolute atomic E-state index is 0.481. The second-order valence-electron chi connectivity index (χ2n) is 2.59. The Morgan fingerprint density at radius 1 is 1.57 bits per heavy atom. The molecule has 0 spiro atoms. The summed E-state index contributed by atoms with van der Waals surface area (Å²) < 4.78 is 5.69. The normalized spacial score (nSPS) is 10.1. The van der Waals surface area contributed by atoms with Crippen LogP contribution in [0.2, 0.25) is 0 Å². The lowest BCUT2D eigenvalue weighted by Gasteiger charge is -2.04. The van der Waals surface area contributed by atoms with Gasteiger partial charge in [0.05, 0.1) is 18.3 Å². The summed E-state index contributed by atoms with van der Waals surface area (Å²) in [4.78, 5) is 8.09. The molecule has 0 amide bonds. The molecule has 0 bridgehead atoms. The van der Waals surface area contributed by atoms with E-state index in [0.717, 1.165) is 10.6 Å². The predicted octanol–water partition coefficient (Wildman–Crippen LogP) is 2.88. The van der Waals surface area contributed by atoms with Gasteiger partial charge in [-0.1, -0.05) is 18.3 Å². The van der Waals surface area contributed by atoms with Crippen LogP contribution in [0.5, 0.6) is 5.75 Å². The number of hydrogen-bond acceptors (Lipinski definition) is 4. The van der Waals surface area contributed by atoms with Gasteiger partial charge in [0, 0.05) is 0 Å². The molecule has 2 aromatic heterocycles. The maximum atomic E-state index is 5.21. The standard InChI is InChI=1S/C9H8N2OS2/c1-12-8-7(6-3-2-4-14-6)10-5-11-9(8)13/h2-5H,1H3,(H,10,11,13). The van der Waals surface area contributed by atoms with E-state index >= 15 is 0 Å². The summed E-state index contributed by atoms with van der Waals surface area (Å²) in [5, 5.41) is 2.01. The first-order chi connectivity index (χ1) is 6.83. The average Bonchev–Trinajstić information content (AvgIpc) is 2.70. The molecule has 72 valence electrons. The number of thiophene rings is 1. The topological polar surface area (TPSA) is 37.9 Å². The molecule has 0 saturated carbocycles. The Labute approximate surface area is 90.4 Å². The van der Waals surface area contributed by atoms with Gasteiger partial charge in [-0.2, -0.15) is 0 Å². The van der Waals surface area contributed by atoms with E-state index in [1.54, 1.807) is 24.8 Å². The summed E-state index contributed by atoms with van der Waals surface area (Å²) in [6, 6.07) is 3.99. The van der Waals surface area contributed by atoms with Crippen LogP contribution in [0, 0.1) is 4.64 Å². The molecule has 0 aliphatic carbocycles. The number of H-pyrrole nitrogens is 1. The third kappa shape index (κ3) is 1.56. The van der Waals surface area contributed by atoms with Gasteiger partial charge in [0.1, 0.15) is 5.69 Å². The van der Waals surface area contributed by atoms with Crippen molar-refractivity contribution >= 4 is 23.6 Å². The zero-order chi connectivity index (χ0) is 9.97. The fourth-order valence-electron chi connectivity index (χ4n) is 1.18. The Bertz CT molecular complexity index is 476. The minimum atomic E-state index is 0.481. The number of methoxy groups -OCH3 is 1. The van der Waals surface area contributed by atoms with Crippen LogP contribution in [-0.2, 0) is 0 Å². The van der Waals surface area contributed by atoms with Crippen LogP contribution < -0.4 is 4.74 Å². The van der Waals surface area contributed by atoms with E-state index in [9.17, 15) is 0 Å². The summed E-state index contributed by atoms with van der Waals surface area (Å²) in [6.45, 7) is 0. The minimum Gasteiger partial charge on any atom is -0.491 e. The Morgan fingerprint density at radius 3 is 3.07 bits per heavy atom. The van der Waals surface area contributed by atoms with Gasteiger partial charge in [0.15, 0.2) is 10.4 Å². The van der Waals surface area contributed by atoms with E-state index in [1.807, 2.05) is 17.5 Å². The number of rotatable bonds is 2. The molecule has 0 unspecified atom stereocenters. The molecular formula is C9H8N2OS2. The van der Waals surface area contributed by atoms with Gasteiger partial charge in [-0.15, -0.1) is 11.3 Å². The molecule has 2 heterocycles. The highest BCUT2D eigenvalue weighted by atomic mass is 32.1. The molecule has 14 heavy (non-hydrogen) atoms. The van der Waals surface area contributed by atoms with Crippen LogP contribution in [-0.4, -0.2) is 17.1 Å². The van der Waals surface area contributed by atoms with E-state index in [1.165, 1.54) is 0 Å². The fraction of sp³-hybridized carbons (Fsp3) is 0.111. The first-order valence-electron chi connectivity index (χ1n) is 3.98. The van der Waals surface area contributed by atoms with Gasteiger partial charge < -0.3 is 9.72 Å². The Hall–Kier alpha value is -1.20. The maximum absolute atomic E-state index is 5.21. The van der Waals surface area contributed by atoms with E-state index in [0.29, 0.717) is 10.4 Å². The summed E-state index contributed by atoms with van der Waals surface area (Å²) in [5.41, 5.74) is 0.891. The molecule has 0 atom stereocenters. The first-order valence-corrected chi connectivity index (χ1v) is 5.27. The summed E-state index contributed by atoms with van der Waals surface area (Å²) in [6.07, 6.45) is 1.58. The highest BCUT2D eigenvalue weighted by molar-refractivity contribution is 7.71. The molecule has 2 rings (SSSR count). The van der Waals surface area contributed by atoms with Crippen molar-refractivity contribution in [2.45, 2.75) is 0 Å². The molecular weight excluding hydrogens is 216 g/mol. The van der Waals surface area contributed by atoms with Crippen molar-refractivity contribution in [2.24, 2.45) is 0 Å². The highest BCUT2D eigenvalue weighted by Crippen LogP contribution is 2.30. The van der Waals surface area contributed by atoms with Crippen LogP contribution in [0.4, 0.5) is 0 Å². The van der Waals surface area contributed by atoms with Gasteiger partial charge in [0.2, 0.25) is 0 Å². The lowest BCUT2D eigenvalue weighted by Crippen LogP contribution is -1.92. The van der Waals surface area contributed by atoms with Crippen molar-refractivity contribution in [3.05, 3.63) is 28.5 Å². The van der Waals surface area contributed by atoms with Gasteiger partial charge in [-0.05, 0) is 11.4 Å². The number of aromatic amines is 1. The number of nitrogens with one attached hydrogen (secondary N) is 1. The molecule has 0 saturated heterocycles. The Kier molecular flexibility index (Phi) is 2.60. The van der Waals surface area contributed by atoms with Crippen LogP contribution in [0.3, 0.4) is 0 Å². The quantitative estimate of drug-likeness (QED) is 0.797. The smallest absolute Gasteiger partial charge is 0.180 e. The fourth-order valence-corrected chi connectivity index (χ4v) is 2.15. The molecule has 5 heteroatoms. The third-order valence-corrected chi connectivity index (χ3v) is 2.96. The monoisotopic (exact) mass is 224 g/mol. The van der Waals surface area contributed by atoms with Crippen molar-refractivity contribution in [3.63, 3.8) is 0 Å². The molecule has 0 aliphatic rings. The zero-order valence-electron chi connectivity index (χ0n) is 7.48. The summed E-state index contributed by atoms with van der Waals surface area (Å²) >= 11 is 6.69. The second-order valence-corrected chi connectivity index (χ2v) is 3.93. The Balaban J connectivity index is 2.64. The lowest BCUT2D eigenvalue weighted by molar-refractivity contribution is 0.411. The SMILES string of the molecule is COc1c(-c2cccs2)[nH]cnc1=S. The van der Waals surface area contributed by atoms with E-state index in [2.05, 4.69) is 9.97 Å². The number of aromatic nitrogens is 2. The Morgan fingerprint density at radius 2 is 2.43 bits per heavy atom. The van der Waals surface area contributed by atoms with Crippen LogP contribution in [0.15, 0.2) is 23.8 Å². The summed E-state index contributed by atoms with van der Waals surface area (Å²) in [7, 11) is 1.60. The first kappa shape index (κ1) is 9.36. The zero-order valence-corrected chi connectivity index (χ0v) is 9.11. The van der Waals surface area contributed by atoms with Gasteiger partial charge in [-0.25, -0.2) is 4.98 Å². The third-order valence-electron chi connectivity index (χ3n) is 1.78. The van der Waals surface area contributed by atoms with Crippen molar-refractivity contribution in [3.8, 4) is 16.3 Å². The molecule has 0 aromatic carbocycles. The van der Waals surface area contributed by atoms with Gasteiger partial charge in [-0.3, -0.25) is 0 Å². The van der Waals surface area contributed by atoms with Gasteiger partial charge >= 0.3 is 0 Å².